The van der Waals surface area contributed by atoms with Gasteiger partial charge in [-0.05, 0) is 26.9 Å². The SMILES string of the molecule is CCCCCCCCCCCCOCC(COCCCCCCCCCCCC)OP(=O)(O)OCCN(C)C. The van der Waals surface area contributed by atoms with E-state index in [2.05, 4.69) is 13.8 Å². The zero-order chi connectivity index (χ0) is 28.9. The first-order valence-electron chi connectivity index (χ1n) is 16.4. The second kappa shape index (κ2) is 29.5. The zero-order valence-electron chi connectivity index (χ0n) is 26.3. The molecule has 1 atom stereocenters. The summed E-state index contributed by atoms with van der Waals surface area (Å²) in [6.45, 7) is 6.92. The molecule has 0 amide bonds. The van der Waals surface area contributed by atoms with Crippen LogP contribution < -0.4 is 0 Å². The normalized spacial score (nSPS) is 13.5. The van der Waals surface area contributed by atoms with Crippen LogP contribution in [0.1, 0.15) is 142 Å². The van der Waals surface area contributed by atoms with Crippen molar-refractivity contribution in [2.24, 2.45) is 0 Å². The lowest BCUT2D eigenvalue weighted by molar-refractivity contribution is -0.0238. The molecule has 0 aliphatic carbocycles. The summed E-state index contributed by atoms with van der Waals surface area (Å²) >= 11 is 0. The average molecular weight is 580 g/mol. The second-order valence-electron chi connectivity index (χ2n) is 11.3. The van der Waals surface area contributed by atoms with Gasteiger partial charge in [0.05, 0.1) is 19.8 Å². The van der Waals surface area contributed by atoms with Crippen LogP contribution in [0.15, 0.2) is 0 Å². The number of hydrogen-bond donors (Lipinski definition) is 1. The van der Waals surface area contributed by atoms with Gasteiger partial charge in [-0.2, -0.15) is 0 Å². The van der Waals surface area contributed by atoms with E-state index >= 15 is 0 Å². The molecule has 1 N–H and O–H groups in total. The van der Waals surface area contributed by atoms with Gasteiger partial charge in [0.25, 0.3) is 0 Å². The third kappa shape index (κ3) is 30.8. The summed E-state index contributed by atoms with van der Waals surface area (Å²) in [4.78, 5) is 12.1. The molecule has 0 saturated carbocycles. The van der Waals surface area contributed by atoms with E-state index in [0.717, 1.165) is 25.7 Å². The predicted molar refractivity (Wildman–Crippen MR) is 165 cm³/mol. The Balaban J connectivity index is 4.09. The maximum atomic E-state index is 12.4. The molecule has 0 aromatic heterocycles. The fourth-order valence-electron chi connectivity index (χ4n) is 4.48. The maximum absolute atomic E-state index is 12.4. The van der Waals surface area contributed by atoms with Gasteiger partial charge < -0.3 is 19.3 Å². The van der Waals surface area contributed by atoms with Gasteiger partial charge in [0.1, 0.15) is 6.10 Å². The summed E-state index contributed by atoms with van der Waals surface area (Å²) in [5.41, 5.74) is 0. The quantitative estimate of drug-likeness (QED) is 0.0629. The van der Waals surface area contributed by atoms with Crippen molar-refractivity contribution in [1.82, 2.24) is 4.90 Å². The zero-order valence-corrected chi connectivity index (χ0v) is 27.2. The molecule has 0 fully saturated rings. The van der Waals surface area contributed by atoms with Gasteiger partial charge in [0, 0.05) is 19.8 Å². The Bertz CT molecular complexity index is 509. The summed E-state index contributed by atoms with van der Waals surface area (Å²) in [6.07, 6.45) is 24.9. The molecular weight excluding hydrogens is 513 g/mol. The van der Waals surface area contributed by atoms with E-state index in [4.69, 9.17) is 18.5 Å². The molecule has 0 spiro atoms. The van der Waals surface area contributed by atoms with E-state index in [1.807, 2.05) is 19.0 Å². The molecule has 0 heterocycles. The van der Waals surface area contributed by atoms with E-state index in [9.17, 15) is 9.46 Å². The molecule has 7 nitrogen and oxygen atoms in total. The van der Waals surface area contributed by atoms with Crippen molar-refractivity contribution < 1.29 is 28.0 Å². The lowest BCUT2D eigenvalue weighted by Gasteiger charge is -2.21. The molecule has 0 rings (SSSR count). The minimum atomic E-state index is -4.16. The van der Waals surface area contributed by atoms with Gasteiger partial charge >= 0.3 is 7.82 Å². The Morgan fingerprint density at radius 3 is 1.31 bits per heavy atom. The van der Waals surface area contributed by atoms with Crippen molar-refractivity contribution >= 4 is 7.82 Å². The number of phosphoric ester groups is 1. The van der Waals surface area contributed by atoms with Gasteiger partial charge in [0.15, 0.2) is 0 Å². The van der Waals surface area contributed by atoms with Crippen LogP contribution in [-0.2, 0) is 23.1 Å². The minimum Gasteiger partial charge on any atom is -0.379 e. The largest absolute Gasteiger partial charge is 0.472 e. The smallest absolute Gasteiger partial charge is 0.379 e. The number of phosphoric acid groups is 1. The van der Waals surface area contributed by atoms with Crippen molar-refractivity contribution in [3.63, 3.8) is 0 Å². The summed E-state index contributed by atoms with van der Waals surface area (Å²) in [5.74, 6) is 0. The molecule has 1 unspecified atom stereocenters. The van der Waals surface area contributed by atoms with Crippen LogP contribution >= 0.6 is 7.82 Å². The Hall–Kier alpha value is -0.0100. The van der Waals surface area contributed by atoms with Gasteiger partial charge in [-0.3, -0.25) is 9.05 Å². The summed E-state index contributed by atoms with van der Waals surface area (Å²) in [6, 6.07) is 0. The fraction of sp³-hybridized carbons (Fsp3) is 1.00. The monoisotopic (exact) mass is 579 g/mol. The van der Waals surface area contributed by atoms with Crippen LogP contribution in [-0.4, -0.2) is 69.6 Å². The number of hydrogen-bond acceptors (Lipinski definition) is 6. The van der Waals surface area contributed by atoms with Crippen LogP contribution in [0.5, 0.6) is 0 Å². The van der Waals surface area contributed by atoms with E-state index in [-0.39, 0.29) is 19.8 Å². The number of nitrogens with zero attached hydrogens (tertiary/aromatic N) is 1. The van der Waals surface area contributed by atoms with E-state index in [1.165, 1.54) is 103 Å². The Labute approximate surface area is 242 Å². The van der Waals surface area contributed by atoms with Crippen LogP contribution in [0.2, 0.25) is 0 Å². The molecular formula is C31H66NO6P. The molecule has 0 aromatic rings. The molecule has 0 bridgehead atoms. The van der Waals surface area contributed by atoms with E-state index < -0.39 is 13.9 Å². The Morgan fingerprint density at radius 1 is 0.590 bits per heavy atom. The summed E-state index contributed by atoms with van der Waals surface area (Å²) < 4.78 is 34.6. The van der Waals surface area contributed by atoms with Crippen molar-refractivity contribution in [3.8, 4) is 0 Å². The van der Waals surface area contributed by atoms with Gasteiger partial charge in [-0.15, -0.1) is 0 Å². The molecule has 0 radical (unpaired) electrons. The summed E-state index contributed by atoms with van der Waals surface area (Å²) in [5, 5.41) is 0. The van der Waals surface area contributed by atoms with Gasteiger partial charge in [0.2, 0.25) is 0 Å². The molecule has 39 heavy (non-hydrogen) atoms. The van der Waals surface area contributed by atoms with Crippen molar-refractivity contribution in [2.45, 2.75) is 148 Å². The Morgan fingerprint density at radius 2 is 0.949 bits per heavy atom. The third-order valence-corrected chi connectivity index (χ3v) is 8.04. The molecule has 0 aliphatic rings. The first-order chi connectivity index (χ1) is 18.9. The lowest BCUT2D eigenvalue weighted by atomic mass is 10.1. The third-order valence-electron chi connectivity index (χ3n) is 6.97. The molecule has 0 aromatic carbocycles. The summed E-state index contributed by atoms with van der Waals surface area (Å²) in [7, 11) is -0.386. The van der Waals surface area contributed by atoms with Crippen LogP contribution in [0.25, 0.3) is 0 Å². The van der Waals surface area contributed by atoms with Crippen LogP contribution in [0.4, 0.5) is 0 Å². The lowest BCUT2D eigenvalue weighted by Crippen LogP contribution is -2.26. The number of likely N-dealkylation sites (N-methyl/N-ethyl adjacent to an activating group) is 1. The second-order valence-corrected chi connectivity index (χ2v) is 12.8. The standard InChI is InChI=1S/C31H66NO6P/c1-5-7-9-11-13-15-17-19-21-23-26-35-29-31(38-39(33,34)37-28-25-32(3)4)30-36-27-24-22-20-18-16-14-12-10-8-6-2/h31H,5-30H2,1-4H3,(H,33,34). The van der Waals surface area contributed by atoms with Crippen LogP contribution in [0.3, 0.4) is 0 Å². The highest BCUT2D eigenvalue weighted by Gasteiger charge is 2.27. The van der Waals surface area contributed by atoms with Gasteiger partial charge in [-0.25, -0.2) is 4.57 Å². The van der Waals surface area contributed by atoms with E-state index in [0.29, 0.717) is 19.8 Å². The fourth-order valence-corrected chi connectivity index (χ4v) is 5.35. The molecule has 8 heteroatoms. The molecule has 0 aliphatic heterocycles. The van der Waals surface area contributed by atoms with Crippen molar-refractivity contribution in [3.05, 3.63) is 0 Å². The maximum Gasteiger partial charge on any atom is 0.472 e. The first kappa shape index (κ1) is 39.0. The Kier molecular flexibility index (Phi) is 29.5. The van der Waals surface area contributed by atoms with Crippen LogP contribution in [0, 0.1) is 0 Å². The minimum absolute atomic E-state index is 0.131. The first-order valence-corrected chi connectivity index (χ1v) is 17.9. The number of rotatable bonds is 32. The van der Waals surface area contributed by atoms with E-state index in [1.54, 1.807) is 0 Å². The molecule has 0 saturated heterocycles. The number of ether oxygens (including phenoxy) is 2. The highest BCUT2D eigenvalue weighted by molar-refractivity contribution is 7.47. The predicted octanol–water partition coefficient (Wildman–Crippen LogP) is 8.93. The number of unbranched alkanes of at least 4 members (excludes halogenated alkanes) is 18. The topological polar surface area (TPSA) is 77.5 Å². The highest BCUT2D eigenvalue weighted by Crippen LogP contribution is 2.44. The average Bonchev–Trinajstić information content (AvgIpc) is 2.89. The van der Waals surface area contributed by atoms with Crippen molar-refractivity contribution in [1.29, 1.82) is 0 Å². The highest BCUT2D eigenvalue weighted by atomic mass is 31.2. The van der Waals surface area contributed by atoms with Crippen molar-refractivity contribution in [2.75, 3.05) is 53.7 Å². The van der Waals surface area contributed by atoms with Gasteiger partial charge in [-0.1, -0.05) is 129 Å². The molecule has 236 valence electrons.